The Bertz CT molecular complexity index is 1090. The van der Waals surface area contributed by atoms with Crippen LogP contribution in [0.3, 0.4) is 0 Å². The third kappa shape index (κ3) is 3.46. The lowest BCUT2D eigenvalue weighted by Gasteiger charge is -2.11. The molecule has 0 radical (unpaired) electrons. The predicted molar refractivity (Wildman–Crippen MR) is 92.4 cm³/mol. The van der Waals surface area contributed by atoms with E-state index in [9.17, 15) is 13.2 Å². The smallest absolute Gasteiger partial charge is 0.416 e. The van der Waals surface area contributed by atoms with E-state index in [4.69, 9.17) is 4.74 Å². The lowest BCUT2D eigenvalue weighted by molar-refractivity contribution is -0.137. The maximum atomic E-state index is 12.9. The normalized spacial score (nSPS) is 11.7. The summed E-state index contributed by atoms with van der Waals surface area (Å²) in [5, 5.41) is 13.2. The van der Waals surface area contributed by atoms with Crippen LogP contribution in [0.5, 0.6) is 5.75 Å². The molecule has 27 heavy (non-hydrogen) atoms. The minimum absolute atomic E-state index is 0.0112. The number of benzene rings is 3. The molecule has 0 saturated heterocycles. The fourth-order valence-corrected chi connectivity index (χ4v) is 2.77. The van der Waals surface area contributed by atoms with E-state index in [-0.39, 0.29) is 12.3 Å². The Labute approximate surface area is 152 Å². The summed E-state index contributed by atoms with van der Waals surface area (Å²) in [6, 6.07) is 18.2. The van der Waals surface area contributed by atoms with Crippen LogP contribution in [0.15, 0.2) is 66.7 Å². The molecule has 5 nitrogen and oxygen atoms in total. The van der Waals surface area contributed by atoms with Gasteiger partial charge in [0.15, 0.2) is 5.82 Å². The molecule has 4 rings (SSSR count). The van der Waals surface area contributed by atoms with E-state index in [0.717, 1.165) is 22.9 Å². The summed E-state index contributed by atoms with van der Waals surface area (Å²) in [6.45, 7) is 0.0112. The van der Waals surface area contributed by atoms with Gasteiger partial charge in [0.2, 0.25) is 0 Å². The molecule has 3 aromatic carbocycles. The zero-order valence-corrected chi connectivity index (χ0v) is 13.9. The molecule has 0 spiro atoms. The Balaban J connectivity index is 1.62. The second-order valence-corrected chi connectivity index (χ2v) is 5.82. The zero-order valence-electron chi connectivity index (χ0n) is 13.9. The van der Waals surface area contributed by atoms with Crippen molar-refractivity contribution in [3.63, 3.8) is 0 Å². The van der Waals surface area contributed by atoms with Crippen LogP contribution < -0.4 is 4.74 Å². The van der Waals surface area contributed by atoms with E-state index in [1.54, 1.807) is 0 Å². The minimum Gasteiger partial charge on any atom is -0.485 e. The molecule has 4 aromatic rings. The largest absolute Gasteiger partial charge is 0.485 e. The van der Waals surface area contributed by atoms with E-state index in [1.165, 1.54) is 16.8 Å². The number of halogens is 3. The molecule has 0 unspecified atom stereocenters. The van der Waals surface area contributed by atoms with Gasteiger partial charge in [-0.05, 0) is 40.1 Å². The number of rotatable bonds is 4. The van der Waals surface area contributed by atoms with Crippen LogP contribution in [0.2, 0.25) is 0 Å². The van der Waals surface area contributed by atoms with Crippen LogP contribution >= 0.6 is 0 Å². The Morgan fingerprint density at radius 3 is 2.56 bits per heavy atom. The van der Waals surface area contributed by atoms with Crippen molar-refractivity contribution in [2.24, 2.45) is 0 Å². The van der Waals surface area contributed by atoms with Crippen LogP contribution in [0.25, 0.3) is 16.5 Å². The number of hydrogen-bond donors (Lipinski definition) is 0. The number of aromatic nitrogens is 4. The molecule has 8 heteroatoms. The number of nitrogens with zero attached hydrogens (tertiary/aromatic N) is 4. The maximum absolute atomic E-state index is 12.9. The Kier molecular flexibility index (Phi) is 4.23. The van der Waals surface area contributed by atoms with Crippen LogP contribution in [-0.4, -0.2) is 20.2 Å². The summed E-state index contributed by atoms with van der Waals surface area (Å²) in [5.74, 6) is 0.939. The monoisotopic (exact) mass is 370 g/mol. The van der Waals surface area contributed by atoms with Gasteiger partial charge in [-0.3, -0.25) is 0 Å². The summed E-state index contributed by atoms with van der Waals surface area (Å²) < 4.78 is 45.9. The highest BCUT2D eigenvalue weighted by Crippen LogP contribution is 2.30. The van der Waals surface area contributed by atoms with Gasteiger partial charge < -0.3 is 4.74 Å². The van der Waals surface area contributed by atoms with Crippen LogP contribution in [-0.2, 0) is 12.8 Å². The van der Waals surface area contributed by atoms with Gasteiger partial charge in [-0.15, -0.1) is 5.10 Å². The Morgan fingerprint density at radius 2 is 1.70 bits per heavy atom. The van der Waals surface area contributed by atoms with Crippen LogP contribution in [0, 0.1) is 0 Å². The van der Waals surface area contributed by atoms with Gasteiger partial charge >= 0.3 is 6.18 Å². The second kappa shape index (κ2) is 6.71. The van der Waals surface area contributed by atoms with Gasteiger partial charge in [0.05, 0.1) is 11.3 Å². The summed E-state index contributed by atoms with van der Waals surface area (Å²) >= 11 is 0. The van der Waals surface area contributed by atoms with Crippen LogP contribution in [0.1, 0.15) is 11.4 Å². The number of tetrazole rings is 1. The molecular weight excluding hydrogens is 357 g/mol. The van der Waals surface area contributed by atoms with Gasteiger partial charge in [0, 0.05) is 5.39 Å². The fraction of sp³-hybridized carbons (Fsp3) is 0.105. The van der Waals surface area contributed by atoms with Gasteiger partial charge in [0.25, 0.3) is 0 Å². The van der Waals surface area contributed by atoms with Gasteiger partial charge in [-0.2, -0.15) is 17.9 Å². The second-order valence-electron chi connectivity index (χ2n) is 5.82. The molecule has 0 atom stereocenters. The number of hydrogen-bond acceptors (Lipinski definition) is 4. The van der Waals surface area contributed by atoms with E-state index in [2.05, 4.69) is 15.5 Å². The Hall–Kier alpha value is -3.42. The first-order chi connectivity index (χ1) is 13.0. The van der Waals surface area contributed by atoms with E-state index in [0.29, 0.717) is 11.6 Å². The van der Waals surface area contributed by atoms with Crippen molar-refractivity contribution < 1.29 is 17.9 Å². The van der Waals surface area contributed by atoms with Crippen molar-refractivity contribution in [2.45, 2.75) is 12.8 Å². The molecule has 0 N–H and O–H groups in total. The quantitative estimate of drug-likeness (QED) is 0.534. The highest BCUT2D eigenvalue weighted by atomic mass is 19.4. The van der Waals surface area contributed by atoms with Crippen molar-refractivity contribution in [3.05, 3.63) is 78.1 Å². The van der Waals surface area contributed by atoms with E-state index in [1.807, 2.05) is 42.5 Å². The molecule has 136 valence electrons. The molecule has 0 fully saturated rings. The van der Waals surface area contributed by atoms with Crippen molar-refractivity contribution in [2.75, 3.05) is 0 Å². The molecule has 0 aliphatic heterocycles. The standard InChI is InChI=1S/C19H13F3N4O/c20-19(21,22)14-7-4-8-15(11-14)26-18(23-24-25-26)12-27-17-10-3-6-13-5-1-2-9-16(13)17/h1-11H,12H2. The first-order valence-electron chi connectivity index (χ1n) is 8.08. The molecule has 0 amide bonds. The summed E-state index contributed by atoms with van der Waals surface area (Å²) in [4.78, 5) is 0. The molecule has 0 saturated carbocycles. The lowest BCUT2D eigenvalue weighted by Crippen LogP contribution is -2.10. The average Bonchev–Trinajstić information content (AvgIpc) is 3.14. The third-order valence-corrected chi connectivity index (χ3v) is 4.06. The van der Waals surface area contributed by atoms with Gasteiger partial charge in [-0.25, -0.2) is 0 Å². The SMILES string of the molecule is FC(F)(F)c1cccc(-n2nnnc2COc2cccc3ccccc23)c1. The minimum atomic E-state index is -4.44. The highest BCUT2D eigenvalue weighted by molar-refractivity contribution is 5.88. The third-order valence-electron chi connectivity index (χ3n) is 4.06. The number of alkyl halides is 3. The zero-order chi connectivity index (χ0) is 18.9. The average molecular weight is 370 g/mol. The first-order valence-corrected chi connectivity index (χ1v) is 8.08. The van der Waals surface area contributed by atoms with Crippen molar-refractivity contribution >= 4 is 10.8 Å². The van der Waals surface area contributed by atoms with Crippen LogP contribution in [0.4, 0.5) is 13.2 Å². The Morgan fingerprint density at radius 1 is 0.926 bits per heavy atom. The summed E-state index contributed by atoms with van der Waals surface area (Å²) in [7, 11) is 0. The lowest BCUT2D eigenvalue weighted by atomic mass is 10.1. The fourth-order valence-electron chi connectivity index (χ4n) is 2.77. The molecule has 1 aromatic heterocycles. The van der Waals surface area contributed by atoms with Gasteiger partial charge in [0.1, 0.15) is 12.4 Å². The predicted octanol–water partition coefficient (Wildman–Crippen LogP) is 4.41. The van der Waals surface area contributed by atoms with Gasteiger partial charge in [-0.1, -0.05) is 42.5 Å². The first kappa shape index (κ1) is 17.0. The number of ether oxygens (including phenoxy) is 1. The number of fused-ring (bicyclic) bond motifs is 1. The molecule has 0 aliphatic rings. The summed E-state index contributed by atoms with van der Waals surface area (Å²) in [6.07, 6.45) is -4.44. The van der Waals surface area contributed by atoms with Crippen molar-refractivity contribution in [1.29, 1.82) is 0 Å². The topological polar surface area (TPSA) is 52.8 Å². The van der Waals surface area contributed by atoms with E-state index >= 15 is 0 Å². The van der Waals surface area contributed by atoms with Crippen molar-refractivity contribution in [3.8, 4) is 11.4 Å². The molecule has 1 heterocycles. The molecule has 0 aliphatic carbocycles. The van der Waals surface area contributed by atoms with Crippen molar-refractivity contribution in [1.82, 2.24) is 20.2 Å². The molecule has 0 bridgehead atoms. The molecular formula is C19H13F3N4O. The highest BCUT2D eigenvalue weighted by Gasteiger charge is 2.30. The van der Waals surface area contributed by atoms with E-state index < -0.39 is 11.7 Å². The summed E-state index contributed by atoms with van der Waals surface area (Å²) in [5.41, 5.74) is -0.553. The maximum Gasteiger partial charge on any atom is 0.416 e.